The van der Waals surface area contributed by atoms with E-state index in [2.05, 4.69) is 22.4 Å². The van der Waals surface area contributed by atoms with Crippen LogP contribution in [0, 0.1) is 5.92 Å². The Hall–Kier alpha value is -1.62. The molecule has 5 nitrogen and oxygen atoms in total. The highest BCUT2D eigenvalue weighted by atomic mass is 35.5. The summed E-state index contributed by atoms with van der Waals surface area (Å²) in [5, 5.41) is 12.7. The minimum absolute atomic E-state index is 0.289. The van der Waals surface area contributed by atoms with E-state index in [4.69, 9.17) is 17.3 Å². The van der Waals surface area contributed by atoms with Crippen LogP contribution in [-0.4, -0.2) is 20.2 Å². The molecule has 19 heavy (non-hydrogen) atoms. The van der Waals surface area contributed by atoms with Gasteiger partial charge >= 0.3 is 0 Å². The topological polar surface area (TPSA) is 69.6 Å². The number of anilines is 1. The minimum atomic E-state index is 0.289. The predicted octanol–water partition coefficient (Wildman–Crippen LogP) is 2.94. The van der Waals surface area contributed by atoms with Crippen molar-refractivity contribution in [3.8, 4) is 11.4 Å². The van der Waals surface area contributed by atoms with Crippen LogP contribution in [0.4, 0.5) is 5.69 Å². The summed E-state index contributed by atoms with van der Waals surface area (Å²) in [7, 11) is 0. The third kappa shape index (κ3) is 2.18. The quantitative estimate of drug-likeness (QED) is 0.876. The summed E-state index contributed by atoms with van der Waals surface area (Å²) >= 11 is 6.03. The summed E-state index contributed by atoms with van der Waals surface area (Å²) in [5.74, 6) is 1.35. The Morgan fingerprint density at radius 1 is 1.42 bits per heavy atom. The molecule has 6 heteroatoms. The van der Waals surface area contributed by atoms with Crippen LogP contribution >= 0.6 is 11.6 Å². The average molecular weight is 278 g/mol. The standard InChI is InChI=1S/C13H16ClN5/c1-8(9-3-2-4-9)19-13(16-17-18-19)11-7-10(14)5-6-12(11)15/h5-9H,2-4,15H2,1H3. The van der Waals surface area contributed by atoms with Crippen molar-refractivity contribution in [2.75, 3.05) is 5.73 Å². The van der Waals surface area contributed by atoms with Crippen molar-refractivity contribution in [1.82, 2.24) is 20.2 Å². The normalized spacial score (nSPS) is 17.2. The molecule has 100 valence electrons. The second-order valence-corrected chi connectivity index (χ2v) is 5.55. The summed E-state index contributed by atoms with van der Waals surface area (Å²) in [6.07, 6.45) is 3.78. The summed E-state index contributed by atoms with van der Waals surface area (Å²) in [5.41, 5.74) is 7.44. The monoisotopic (exact) mass is 277 g/mol. The highest BCUT2D eigenvalue weighted by molar-refractivity contribution is 6.31. The summed E-state index contributed by atoms with van der Waals surface area (Å²) in [6.45, 7) is 2.16. The van der Waals surface area contributed by atoms with Crippen LogP contribution < -0.4 is 5.73 Å². The molecule has 1 aromatic carbocycles. The maximum atomic E-state index is 6.03. The van der Waals surface area contributed by atoms with E-state index >= 15 is 0 Å². The molecule has 1 heterocycles. The zero-order valence-electron chi connectivity index (χ0n) is 10.8. The van der Waals surface area contributed by atoms with Gasteiger partial charge in [0, 0.05) is 16.3 Å². The molecule has 2 N–H and O–H groups in total. The molecule has 1 aliphatic rings. The van der Waals surface area contributed by atoms with Gasteiger partial charge in [0.15, 0.2) is 5.82 Å². The molecule has 1 aliphatic carbocycles. The third-order valence-corrected chi connectivity index (χ3v) is 4.20. The minimum Gasteiger partial charge on any atom is -0.398 e. The lowest BCUT2D eigenvalue weighted by Crippen LogP contribution is -2.24. The van der Waals surface area contributed by atoms with Crippen molar-refractivity contribution in [2.24, 2.45) is 5.92 Å². The number of halogens is 1. The van der Waals surface area contributed by atoms with Gasteiger partial charge in [0.2, 0.25) is 0 Å². The van der Waals surface area contributed by atoms with Crippen LogP contribution in [0.15, 0.2) is 18.2 Å². The van der Waals surface area contributed by atoms with Crippen LogP contribution in [0.25, 0.3) is 11.4 Å². The van der Waals surface area contributed by atoms with E-state index in [0.29, 0.717) is 22.5 Å². The van der Waals surface area contributed by atoms with Crippen LogP contribution in [0.5, 0.6) is 0 Å². The highest BCUT2D eigenvalue weighted by Gasteiger charge is 2.28. The number of hydrogen-bond donors (Lipinski definition) is 1. The largest absolute Gasteiger partial charge is 0.398 e. The maximum absolute atomic E-state index is 6.03. The molecular formula is C13H16ClN5. The molecule has 0 spiro atoms. The lowest BCUT2D eigenvalue weighted by atomic mass is 9.80. The Labute approximate surface area is 116 Å². The van der Waals surface area contributed by atoms with E-state index in [1.54, 1.807) is 12.1 Å². The molecule has 0 bridgehead atoms. The van der Waals surface area contributed by atoms with Gasteiger partial charge in [-0.1, -0.05) is 18.0 Å². The Morgan fingerprint density at radius 3 is 2.89 bits per heavy atom. The number of aromatic nitrogens is 4. The Kier molecular flexibility index (Phi) is 3.14. The van der Waals surface area contributed by atoms with E-state index < -0.39 is 0 Å². The molecule has 1 atom stereocenters. The van der Waals surface area contributed by atoms with Crippen molar-refractivity contribution >= 4 is 17.3 Å². The van der Waals surface area contributed by atoms with Crippen LogP contribution in [0.2, 0.25) is 5.02 Å². The fourth-order valence-electron chi connectivity index (χ4n) is 2.49. The van der Waals surface area contributed by atoms with E-state index in [1.165, 1.54) is 19.3 Å². The summed E-state index contributed by atoms with van der Waals surface area (Å²) < 4.78 is 1.87. The van der Waals surface area contributed by atoms with Gasteiger partial charge in [-0.3, -0.25) is 0 Å². The molecule has 0 radical (unpaired) electrons. The number of nitrogens with zero attached hydrogens (tertiary/aromatic N) is 4. The van der Waals surface area contributed by atoms with Gasteiger partial charge in [0.25, 0.3) is 0 Å². The van der Waals surface area contributed by atoms with Gasteiger partial charge in [-0.2, -0.15) is 0 Å². The van der Waals surface area contributed by atoms with E-state index in [0.717, 1.165) is 5.56 Å². The zero-order chi connectivity index (χ0) is 13.4. The van der Waals surface area contributed by atoms with Crippen LogP contribution in [0.3, 0.4) is 0 Å². The second-order valence-electron chi connectivity index (χ2n) is 5.11. The first kappa shape index (κ1) is 12.4. The van der Waals surface area contributed by atoms with Crippen molar-refractivity contribution in [1.29, 1.82) is 0 Å². The van der Waals surface area contributed by atoms with Crippen molar-refractivity contribution in [3.05, 3.63) is 23.2 Å². The van der Waals surface area contributed by atoms with Gasteiger partial charge in [-0.15, -0.1) is 5.10 Å². The lowest BCUT2D eigenvalue weighted by molar-refractivity contribution is 0.210. The van der Waals surface area contributed by atoms with Gasteiger partial charge in [0.05, 0.1) is 6.04 Å². The molecule has 0 amide bonds. The summed E-state index contributed by atoms with van der Waals surface area (Å²) in [4.78, 5) is 0. The number of benzene rings is 1. The predicted molar refractivity (Wildman–Crippen MR) is 74.7 cm³/mol. The van der Waals surface area contributed by atoms with Crippen molar-refractivity contribution < 1.29 is 0 Å². The fourth-order valence-corrected chi connectivity index (χ4v) is 2.66. The zero-order valence-corrected chi connectivity index (χ0v) is 11.5. The fraction of sp³-hybridized carbons (Fsp3) is 0.462. The van der Waals surface area contributed by atoms with Crippen molar-refractivity contribution in [3.63, 3.8) is 0 Å². The average Bonchev–Trinajstić information content (AvgIpc) is 2.78. The molecule has 0 saturated heterocycles. The smallest absolute Gasteiger partial charge is 0.184 e. The van der Waals surface area contributed by atoms with Crippen LogP contribution in [0.1, 0.15) is 32.2 Å². The highest BCUT2D eigenvalue weighted by Crippen LogP contribution is 2.37. The number of nitrogen functional groups attached to an aromatic ring is 1. The Bertz CT molecular complexity index is 590. The molecule has 1 unspecified atom stereocenters. The first-order valence-electron chi connectivity index (χ1n) is 6.50. The number of tetrazole rings is 1. The molecule has 1 fully saturated rings. The Balaban J connectivity index is 2.01. The second kappa shape index (κ2) is 4.81. The third-order valence-electron chi connectivity index (χ3n) is 3.97. The van der Waals surface area contributed by atoms with Gasteiger partial charge in [0.1, 0.15) is 0 Å². The first-order chi connectivity index (χ1) is 9.16. The van der Waals surface area contributed by atoms with Crippen molar-refractivity contribution in [2.45, 2.75) is 32.2 Å². The molecule has 0 aliphatic heterocycles. The van der Waals surface area contributed by atoms with Crippen LogP contribution in [-0.2, 0) is 0 Å². The first-order valence-corrected chi connectivity index (χ1v) is 6.88. The number of hydrogen-bond acceptors (Lipinski definition) is 4. The van der Waals surface area contributed by atoms with E-state index in [-0.39, 0.29) is 6.04 Å². The van der Waals surface area contributed by atoms with Gasteiger partial charge in [-0.05, 0) is 54.3 Å². The molecule has 1 aromatic heterocycles. The lowest BCUT2D eigenvalue weighted by Gasteiger charge is -2.31. The van der Waals surface area contributed by atoms with E-state index in [9.17, 15) is 0 Å². The molecular weight excluding hydrogens is 262 g/mol. The molecule has 3 rings (SSSR count). The maximum Gasteiger partial charge on any atom is 0.184 e. The van der Waals surface area contributed by atoms with Gasteiger partial charge < -0.3 is 5.73 Å². The molecule has 2 aromatic rings. The summed E-state index contributed by atoms with van der Waals surface area (Å²) in [6, 6.07) is 5.65. The van der Waals surface area contributed by atoms with Gasteiger partial charge in [-0.25, -0.2) is 4.68 Å². The molecule has 1 saturated carbocycles. The Morgan fingerprint density at radius 2 is 2.21 bits per heavy atom. The van der Waals surface area contributed by atoms with E-state index in [1.807, 2.05) is 10.7 Å². The number of rotatable bonds is 3. The SMILES string of the molecule is CC(C1CCC1)n1nnnc1-c1cc(Cl)ccc1N. The number of nitrogens with two attached hydrogens (primary N) is 1.